The van der Waals surface area contributed by atoms with Crippen LogP contribution in [0.2, 0.25) is 0 Å². The van der Waals surface area contributed by atoms with Crippen molar-refractivity contribution in [1.82, 2.24) is 10.0 Å². The van der Waals surface area contributed by atoms with Crippen molar-refractivity contribution < 1.29 is 13.2 Å². The number of sulfonamides is 1. The van der Waals surface area contributed by atoms with Gasteiger partial charge in [-0.3, -0.25) is 0 Å². The molecule has 5 nitrogen and oxygen atoms in total. The summed E-state index contributed by atoms with van der Waals surface area (Å²) in [6, 6.07) is 4.96. The maximum Gasteiger partial charge on any atom is 0.240 e. The van der Waals surface area contributed by atoms with Crippen molar-refractivity contribution in [1.29, 1.82) is 0 Å². The van der Waals surface area contributed by atoms with Crippen LogP contribution in [0.4, 0.5) is 0 Å². The van der Waals surface area contributed by atoms with Crippen molar-refractivity contribution in [3.63, 3.8) is 0 Å². The monoisotopic (exact) mass is 300 g/mol. The molecular formula is C14H24N2O3S. The van der Waals surface area contributed by atoms with Crippen molar-refractivity contribution in [2.24, 2.45) is 0 Å². The van der Waals surface area contributed by atoms with E-state index in [1.165, 1.54) is 0 Å². The van der Waals surface area contributed by atoms with E-state index in [9.17, 15) is 8.42 Å². The maximum atomic E-state index is 12.2. The van der Waals surface area contributed by atoms with Crippen molar-refractivity contribution in [3.8, 4) is 5.75 Å². The van der Waals surface area contributed by atoms with Gasteiger partial charge in [-0.05, 0) is 38.6 Å². The Morgan fingerprint density at radius 3 is 2.60 bits per heavy atom. The third-order valence-electron chi connectivity index (χ3n) is 2.83. The standard InChI is InChI=1S/C14H24N2O3S/c1-4-6-9-16-20(17,18)13-7-8-14(19-5-2)12(10-13)11-15-3/h7-8,10,15-16H,4-6,9,11H2,1-3H3. The Labute approximate surface area is 121 Å². The number of nitrogens with one attached hydrogen (secondary N) is 2. The third kappa shape index (κ3) is 4.77. The van der Waals surface area contributed by atoms with Crippen molar-refractivity contribution in [3.05, 3.63) is 23.8 Å². The smallest absolute Gasteiger partial charge is 0.240 e. The lowest BCUT2D eigenvalue weighted by molar-refractivity contribution is 0.335. The summed E-state index contributed by atoms with van der Waals surface area (Å²) in [5, 5.41) is 3.02. The van der Waals surface area contributed by atoms with Crippen LogP contribution in [-0.2, 0) is 16.6 Å². The molecule has 0 aliphatic carbocycles. The molecule has 0 aliphatic rings. The van der Waals surface area contributed by atoms with Crippen LogP contribution in [-0.4, -0.2) is 28.6 Å². The van der Waals surface area contributed by atoms with Crippen molar-refractivity contribution in [2.75, 3.05) is 20.2 Å². The molecule has 1 rings (SSSR count). The lowest BCUT2D eigenvalue weighted by Crippen LogP contribution is -2.25. The van der Waals surface area contributed by atoms with Gasteiger partial charge in [-0.25, -0.2) is 13.1 Å². The van der Waals surface area contributed by atoms with Crippen molar-refractivity contribution >= 4 is 10.0 Å². The van der Waals surface area contributed by atoms with E-state index >= 15 is 0 Å². The van der Waals surface area contributed by atoms with Gasteiger partial charge in [0, 0.05) is 18.7 Å². The topological polar surface area (TPSA) is 67.4 Å². The molecule has 0 spiro atoms. The Morgan fingerprint density at radius 1 is 1.25 bits per heavy atom. The second-order valence-corrected chi connectivity index (χ2v) is 6.25. The van der Waals surface area contributed by atoms with E-state index in [1.807, 2.05) is 20.9 Å². The minimum atomic E-state index is -3.44. The molecule has 0 heterocycles. The van der Waals surface area contributed by atoms with E-state index in [0.29, 0.717) is 25.4 Å². The highest BCUT2D eigenvalue weighted by Gasteiger charge is 2.15. The number of ether oxygens (including phenoxy) is 1. The first kappa shape index (κ1) is 16.9. The molecule has 0 atom stereocenters. The third-order valence-corrected chi connectivity index (χ3v) is 4.29. The molecule has 0 radical (unpaired) electrons. The molecular weight excluding hydrogens is 276 g/mol. The lowest BCUT2D eigenvalue weighted by atomic mass is 10.2. The molecule has 0 bridgehead atoms. The first-order valence-corrected chi connectivity index (χ1v) is 8.43. The average Bonchev–Trinajstić information content (AvgIpc) is 2.41. The molecule has 114 valence electrons. The average molecular weight is 300 g/mol. The van der Waals surface area contributed by atoms with Gasteiger partial charge in [-0.2, -0.15) is 0 Å². The van der Waals surface area contributed by atoms with Gasteiger partial charge in [0.2, 0.25) is 10.0 Å². The highest BCUT2D eigenvalue weighted by atomic mass is 32.2. The number of hydrogen-bond acceptors (Lipinski definition) is 4. The summed E-state index contributed by atoms with van der Waals surface area (Å²) in [5.74, 6) is 0.717. The predicted octanol–water partition coefficient (Wildman–Crippen LogP) is 1.88. The Balaban J connectivity index is 2.97. The van der Waals surface area contributed by atoms with Gasteiger partial charge in [0.05, 0.1) is 11.5 Å². The summed E-state index contributed by atoms with van der Waals surface area (Å²) in [6.45, 7) is 5.51. The second kappa shape index (κ2) is 8.24. The molecule has 1 aromatic rings. The minimum absolute atomic E-state index is 0.280. The van der Waals surface area contributed by atoms with Crippen LogP contribution >= 0.6 is 0 Å². The SMILES string of the molecule is CCCCNS(=O)(=O)c1ccc(OCC)c(CNC)c1. The summed E-state index contributed by atoms with van der Waals surface area (Å²) in [6.07, 6.45) is 1.79. The van der Waals surface area contributed by atoms with E-state index in [0.717, 1.165) is 18.4 Å². The Kier molecular flexibility index (Phi) is 6.98. The largest absolute Gasteiger partial charge is 0.494 e. The first-order valence-electron chi connectivity index (χ1n) is 6.95. The minimum Gasteiger partial charge on any atom is -0.494 e. The van der Waals surface area contributed by atoms with E-state index in [4.69, 9.17) is 4.74 Å². The Hall–Kier alpha value is -1.11. The zero-order valence-corrected chi connectivity index (χ0v) is 13.2. The normalized spacial score (nSPS) is 11.6. The molecule has 6 heteroatoms. The number of unbranched alkanes of at least 4 members (excludes halogenated alkanes) is 1. The molecule has 0 aromatic heterocycles. The van der Waals surface area contributed by atoms with Crippen molar-refractivity contribution in [2.45, 2.75) is 38.1 Å². The van der Waals surface area contributed by atoms with E-state index in [-0.39, 0.29) is 4.90 Å². The summed E-state index contributed by atoms with van der Waals surface area (Å²) >= 11 is 0. The summed E-state index contributed by atoms with van der Waals surface area (Å²) in [5.41, 5.74) is 0.840. The zero-order chi connectivity index (χ0) is 15.0. The fraction of sp³-hybridized carbons (Fsp3) is 0.571. The fourth-order valence-corrected chi connectivity index (χ4v) is 2.94. The highest BCUT2D eigenvalue weighted by molar-refractivity contribution is 7.89. The Morgan fingerprint density at radius 2 is 2.00 bits per heavy atom. The fourth-order valence-electron chi connectivity index (χ4n) is 1.81. The molecule has 2 N–H and O–H groups in total. The van der Waals surface area contributed by atoms with Gasteiger partial charge in [0.15, 0.2) is 0 Å². The molecule has 0 fully saturated rings. The molecule has 20 heavy (non-hydrogen) atoms. The zero-order valence-electron chi connectivity index (χ0n) is 12.4. The maximum absolute atomic E-state index is 12.2. The number of rotatable bonds is 9. The second-order valence-electron chi connectivity index (χ2n) is 4.48. The van der Waals surface area contributed by atoms with Crippen LogP contribution in [0, 0.1) is 0 Å². The molecule has 0 saturated carbocycles. The predicted molar refractivity (Wildman–Crippen MR) is 80.5 cm³/mol. The van der Waals surface area contributed by atoms with E-state index in [2.05, 4.69) is 10.0 Å². The quantitative estimate of drug-likeness (QED) is 0.683. The van der Waals surface area contributed by atoms with Gasteiger partial charge in [-0.15, -0.1) is 0 Å². The molecule has 0 unspecified atom stereocenters. The van der Waals surface area contributed by atoms with Gasteiger partial charge in [-0.1, -0.05) is 13.3 Å². The number of hydrogen-bond donors (Lipinski definition) is 2. The van der Waals surface area contributed by atoms with Crippen LogP contribution in [0.15, 0.2) is 23.1 Å². The number of benzene rings is 1. The van der Waals surface area contributed by atoms with Gasteiger partial charge < -0.3 is 10.1 Å². The highest BCUT2D eigenvalue weighted by Crippen LogP contribution is 2.22. The van der Waals surface area contributed by atoms with Crippen LogP contribution in [0.5, 0.6) is 5.75 Å². The van der Waals surface area contributed by atoms with Gasteiger partial charge in [0.25, 0.3) is 0 Å². The first-order chi connectivity index (χ1) is 9.55. The molecule has 0 amide bonds. The Bertz CT molecular complexity index is 515. The van der Waals surface area contributed by atoms with Crippen LogP contribution < -0.4 is 14.8 Å². The van der Waals surface area contributed by atoms with Crippen LogP contribution in [0.1, 0.15) is 32.3 Å². The molecule has 0 saturated heterocycles. The summed E-state index contributed by atoms with van der Waals surface area (Å²) in [7, 11) is -1.62. The van der Waals surface area contributed by atoms with E-state index < -0.39 is 10.0 Å². The summed E-state index contributed by atoms with van der Waals surface area (Å²) < 4.78 is 32.4. The lowest BCUT2D eigenvalue weighted by Gasteiger charge is -2.12. The summed E-state index contributed by atoms with van der Waals surface area (Å²) in [4.78, 5) is 0.280. The van der Waals surface area contributed by atoms with E-state index in [1.54, 1.807) is 18.2 Å². The molecule has 0 aliphatic heterocycles. The van der Waals surface area contributed by atoms with Crippen LogP contribution in [0.25, 0.3) is 0 Å². The van der Waals surface area contributed by atoms with Gasteiger partial charge >= 0.3 is 0 Å². The molecule has 1 aromatic carbocycles. The van der Waals surface area contributed by atoms with Crippen LogP contribution in [0.3, 0.4) is 0 Å². The van der Waals surface area contributed by atoms with Gasteiger partial charge in [0.1, 0.15) is 5.75 Å².